The molecule has 30 heavy (non-hydrogen) atoms. The van der Waals surface area contributed by atoms with E-state index in [9.17, 15) is 4.79 Å². The standard InChI is InChI=1S/C23H23ClN4OS/c1-13(2)17-8-6-16(7-9-17)12-20(29)25-19-11-15(4)27-28(19)23-26-21-14(3)5-10-18(24)22(21)30-23/h5-11,13H,12H2,1-4H3,(H,25,29). The molecule has 1 amide bonds. The van der Waals surface area contributed by atoms with Crippen molar-refractivity contribution in [2.24, 2.45) is 0 Å². The van der Waals surface area contributed by atoms with Gasteiger partial charge in [0.05, 0.1) is 27.4 Å². The normalized spacial score (nSPS) is 11.4. The van der Waals surface area contributed by atoms with Crippen LogP contribution in [0, 0.1) is 13.8 Å². The highest BCUT2D eigenvalue weighted by Crippen LogP contribution is 2.34. The molecule has 4 rings (SSSR count). The Morgan fingerprint density at radius 3 is 2.57 bits per heavy atom. The molecule has 4 aromatic rings. The fraction of sp³-hybridized carbons (Fsp3) is 0.261. The molecular formula is C23H23ClN4OS. The third-order valence-corrected chi connectivity index (χ3v) is 6.47. The molecule has 0 atom stereocenters. The molecule has 5 nitrogen and oxygen atoms in total. The Morgan fingerprint density at radius 2 is 1.90 bits per heavy atom. The molecule has 1 N–H and O–H groups in total. The fourth-order valence-electron chi connectivity index (χ4n) is 3.31. The van der Waals surface area contributed by atoms with Crippen molar-refractivity contribution in [2.45, 2.75) is 40.0 Å². The number of carbonyl (C=O) groups is 1. The van der Waals surface area contributed by atoms with Gasteiger partial charge in [-0.2, -0.15) is 9.78 Å². The van der Waals surface area contributed by atoms with E-state index in [1.165, 1.54) is 16.9 Å². The van der Waals surface area contributed by atoms with E-state index < -0.39 is 0 Å². The van der Waals surface area contributed by atoms with Crippen LogP contribution in [0.2, 0.25) is 5.02 Å². The summed E-state index contributed by atoms with van der Waals surface area (Å²) < 4.78 is 2.59. The Morgan fingerprint density at radius 1 is 1.17 bits per heavy atom. The third-order valence-electron chi connectivity index (χ3n) is 4.98. The molecule has 0 saturated heterocycles. The number of hydrogen-bond acceptors (Lipinski definition) is 4. The minimum atomic E-state index is -0.0937. The predicted octanol–water partition coefficient (Wildman–Crippen LogP) is 6.06. The summed E-state index contributed by atoms with van der Waals surface area (Å²) in [5.41, 5.74) is 4.95. The van der Waals surface area contributed by atoms with Crippen molar-refractivity contribution in [1.82, 2.24) is 14.8 Å². The van der Waals surface area contributed by atoms with Crippen LogP contribution in [0.15, 0.2) is 42.5 Å². The van der Waals surface area contributed by atoms with Crippen molar-refractivity contribution in [3.8, 4) is 5.13 Å². The summed E-state index contributed by atoms with van der Waals surface area (Å²) in [6, 6.07) is 13.9. The maximum absolute atomic E-state index is 12.7. The summed E-state index contributed by atoms with van der Waals surface area (Å²) in [4.78, 5) is 17.4. The van der Waals surface area contributed by atoms with Crippen LogP contribution in [0.3, 0.4) is 0 Å². The number of amides is 1. The van der Waals surface area contributed by atoms with Crippen LogP contribution in [0.5, 0.6) is 0 Å². The van der Waals surface area contributed by atoms with Gasteiger partial charge in [-0.05, 0) is 42.5 Å². The molecule has 0 bridgehead atoms. The molecule has 0 aliphatic carbocycles. The summed E-state index contributed by atoms with van der Waals surface area (Å²) in [6.07, 6.45) is 0.299. The molecule has 0 spiro atoms. The average Bonchev–Trinajstić information content (AvgIpc) is 3.29. The molecule has 2 aromatic heterocycles. The lowest BCUT2D eigenvalue weighted by Crippen LogP contribution is -2.17. The van der Waals surface area contributed by atoms with Gasteiger partial charge >= 0.3 is 0 Å². The summed E-state index contributed by atoms with van der Waals surface area (Å²) in [6.45, 7) is 8.20. The van der Waals surface area contributed by atoms with Crippen LogP contribution >= 0.6 is 22.9 Å². The number of thiazole rings is 1. The molecule has 0 fully saturated rings. The van der Waals surface area contributed by atoms with Gasteiger partial charge in [0.15, 0.2) is 0 Å². The highest BCUT2D eigenvalue weighted by Gasteiger charge is 2.17. The van der Waals surface area contributed by atoms with E-state index in [2.05, 4.69) is 36.4 Å². The summed E-state index contributed by atoms with van der Waals surface area (Å²) in [7, 11) is 0. The van der Waals surface area contributed by atoms with Gasteiger partial charge in [-0.25, -0.2) is 4.98 Å². The molecule has 0 radical (unpaired) electrons. The number of nitrogens with one attached hydrogen (secondary N) is 1. The van der Waals surface area contributed by atoms with Crippen molar-refractivity contribution in [3.05, 3.63) is 69.9 Å². The first kappa shape index (κ1) is 20.6. The van der Waals surface area contributed by atoms with Gasteiger partial charge in [0.1, 0.15) is 5.82 Å². The first-order valence-electron chi connectivity index (χ1n) is 9.83. The van der Waals surface area contributed by atoms with Gasteiger partial charge in [0.25, 0.3) is 0 Å². The van der Waals surface area contributed by atoms with E-state index in [4.69, 9.17) is 16.6 Å². The first-order chi connectivity index (χ1) is 14.3. The van der Waals surface area contributed by atoms with E-state index in [1.54, 1.807) is 4.68 Å². The second-order valence-corrected chi connectivity index (χ2v) is 9.13. The van der Waals surface area contributed by atoms with Crippen molar-refractivity contribution in [3.63, 3.8) is 0 Å². The molecule has 0 saturated carbocycles. The molecular weight excluding hydrogens is 416 g/mol. The van der Waals surface area contributed by atoms with Crippen molar-refractivity contribution in [2.75, 3.05) is 5.32 Å². The SMILES string of the molecule is Cc1cc(NC(=O)Cc2ccc(C(C)C)cc2)n(-c2nc3c(C)ccc(Cl)c3s2)n1. The van der Waals surface area contributed by atoms with E-state index in [1.807, 2.05) is 44.2 Å². The average molecular weight is 439 g/mol. The van der Waals surface area contributed by atoms with E-state index in [0.29, 0.717) is 28.3 Å². The zero-order valence-corrected chi connectivity index (χ0v) is 18.9. The number of aromatic nitrogens is 3. The number of aryl methyl sites for hydroxylation is 2. The minimum absolute atomic E-state index is 0.0937. The van der Waals surface area contributed by atoms with Crippen molar-refractivity contribution < 1.29 is 4.79 Å². The van der Waals surface area contributed by atoms with Gasteiger partial charge in [-0.3, -0.25) is 4.79 Å². The van der Waals surface area contributed by atoms with Crippen molar-refractivity contribution >= 4 is 44.9 Å². The monoisotopic (exact) mass is 438 g/mol. The van der Waals surface area contributed by atoms with E-state index in [-0.39, 0.29) is 5.91 Å². The number of anilines is 1. The Balaban J connectivity index is 1.58. The molecule has 2 aromatic carbocycles. The second kappa shape index (κ2) is 8.20. The van der Waals surface area contributed by atoms with Gasteiger partial charge in [-0.1, -0.05) is 67.1 Å². The minimum Gasteiger partial charge on any atom is -0.310 e. The van der Waals surface area contributed by atoms with Crippen LogP contribution in [0.1, 0.15) is 42.1 Å². The molecule has 2 heterocycles. The summed E-state index contributed by atoms with van der Waals surface area (Å²) in [5, 5.41) is 8.86. The summed E-state index contributed by atoms with van der Waals surface area (Å²) in [5.74, 6) is 0.976. The lowest BCUT2D eigenvalue weighted by Gasteiger charge is -2.08. The largest absolute Gasteiger partial charge is 0.310 e. The number of benzene rings is 2. The zero-order chi connectivity index (χ0) is 21.4. The maximum atomic E-state index is 12.7. The smallest absolute Gasteiger partial charge is 0.229 e. The first-order valence-corrected chi connectivity index (χ1v) is 11.0. The van der Waals surface area contributed by atoms with Gasteiger partial charge in [0, 0.05) is 6.07 Å². The zero-order valence-electron chi connectivity index (χ0n) is 17.4. The van der Waals surface area contributed by atoms with Gasteiger partial charge in [0.2, 0.25) is 11.0 Å². The number of fused-ring (bicyclic) bond motifs is 1. The highest BCUT2D eigenvalue weighted by molar-refractivity contribution is 7.21. The Kier molecular flexibility index (Phi) is 5.62. The van der Waals surface area contributed by atoms with Crippen LogP contribution < -0.4 is 5.32 Å². The van der Waals surface area contributed by atoms with E-state index in [0.717, 1.165) is 27.0 Å². The van der Waals surface area contributed by atoms with Crippen LogP contribution in [0.4, 0.5) is 5.82 Å². The predicted molar refractivity (Wildman–Crippen MR) is 124 cm³/mol. The molecule has 0 aliphatic heterocycles. The topological polar surface area (TPSA) is 59.8 Å². The maximum Gasteiger partial charge on any atom is 0.229 e. The third kappa shape index (κ3) is 4.11. The van der Waals surface area contributed by atoms with Crippen molar-refractivity contribution in [1.29, 1.82) is 0 Å². The highest BCUT2D eigenvalue weighted by atomic mass is 35.5. The Labute approximate surface area is 184 Å². The number of rotatable bonds is 5. The number of hydrogen-bond donors (Lipinski definition) is 1. The van der Waals surface area contributed by atoms with E-state index >= 15 is 0 Å². The van der Waals surface area contributed by atoms with Crippen LogP contribution in [-0.2, 0) is 11.2 Å². The molecule has 0 aliphatic rings. The van der Waals surface area contributed by atoms with Crippen LogP contribution in [0.25, 0.3) is 15.3 Å². The molecule has 7 heteroatoms. The Hall–Kier alpha value is -2.70. The quantitative estimate of drug-likeness (QED) is 0.412. The van der Waals surface area contributed by atoms with Gasteiger partial charge < -0.3 is 5.32 Å². The molecule has 0 unspecified atom stereocenters. The fourth-order valence-corrected chi connectivity index (χ4v) is 4.59. The van der Waals surface area contributed by atoms with Crippen LogP contribution in [-0.4, -0.2) is 20.7 Å². The van der Waals surface area contributed by atoms with Gasteiger partial charge in [-0.15, -0.1) is 0 Å². The molecule has 154 valence electrons. The number of carbonyl (C=O) groups excluding carboxylic acids is 1. The lowest BCUT2D eigenvalue weighted by atomic mass is 10.0. The number of nitrogens with zero attached hydrogens (tertiary/aromatic N) is 3. The Bertz CT molecular complexity index is 1190. The number of halogens is 1. The lowest BCUT2D eigenvalue weighted by molar-refractivity contribution is -0.115. The summed E-state index contributed by atoms with van der Waals surface area (Å²) >= 11 is 7.81. The second-order valence-electron chi connectivity index (χ2n) is 7.74.